The molecule has 0 heterocycles. The first-order chi connectivity index (χ1) is 7.13. The van der Waals surface area contributed by atoms with Crippen molar-refractivity contribution in [1.82, 2.24) is 0 Å². The number of hydrogen-bond acceptors (Lipinski definition) is 4. The van der Waals surface area contributed by atoms with Crippen molar-refractivity contribution in [1.29, 1.82) is 5.26 Å². The molecule has 0 radical (unpaired) electrons. The van der Waals surface area contributed by atoms with E-state index in [4.69, 9.17) is 15.7 Å². The first-order valence-corrected chi connectivity index (χ1v) is 4.01. The summed E-state index contributed by atoms with van der Waals surface area (Å²) in [5, 5.41) is 8.67. The number of primary amides is 1. The molecule has 1 amide bonds. The van der Waals surface area contributed by atoms with E-state index in [1.54, 1.807) is 0 Å². The maximum atomic E-state index is 11.0. The second-order valence-corrected chi connectivity index (χ2v) is 2.74. The van der Waals surface area contributed by atoms with Crippen LogP contribution in [0.4, 0.5) is 0 Å². The molecule has 0 fully saturated rings. The lowest BCUT2D eigenvalue weighted by molar-refractivity contribution is 0.0997. The van der Waals surface area contributed by atoms with Gasteiger partial charge in [0.05, 0.1) is 29.9 Å². The van der Waals surface area contributed by atoms with E-state index < -0.39 is 5.91 Å². The summed E-state index contributed by atoms with van der Waals surface area (Å²) in [5.41, 5.74) is 5.44. The standard InChI is InChI=1S/C10H8N2O3/c1-15-9-7(5-13)2-6(4-11)3-8(9)10(12)14/h2-3,5H,1H3,(H2,12,14). The largest absolute Gasteiger partial charge is 0.495 e. The molecule has 5 nitrogen and oxygen atoms in total. The first-order valence-electron chi connectivity index (χ1n) is 4.01. The molecule has 0 saturated heterocycles. The number of rotatable bonds is 3. The van der Waals surface area contributed by atoms with Gasteiger partial charge in [-0.2, -0.15) is 5.26 Å². The summed E-state index contributed by atoms with van der Waals surface area (Å²) in [7, 11) is 1.32. The molecule has 5 heteroatoms. The second-order valence-electron chi connectivity index (χ2n) is 2.74. The van der Waals surface area contributed by atoms with Crippen LogP contribution in [0, 0.1) is 11.3 Å². The molecular formula is C10H8N2O3. The fraction of sp³-hybridized carbons (Fsp3) is 0.100. The molecule has 0 aliphatic carbocycles. The van der Waals surface area contributed by atoms with Crippen molar-refractivity contribution in [2.75, 3.05) is 7.11 Å². The van der Waals surface area contributed by atoms with E-state index in [2.05, 4.69) is 0 Å². The average molecular weight is 204 g/mol. The molecule has 1 aromatic carbocycles. The van der Waals surface area contributed by atoms with Crippen LogP contribution in [0.3, 0.4) is 0 Å². The number of nitriles is 1. The molecule has 0 aliphatic heterocycles. The summed E-state index contributed by atoms with van der Waals surface area (Å²) < 4.78 is 4.89. The lowest BCUT2D eigenvalue weighted by Crippen LogP contribution is -2.14. The van der Waals surface area contributed by atoms with Crippen LogP contribution >= 0.6 is 0 Å². The van der Waals surface area contributed by atoms with Crippen molar-refractivity contribution in [2.24, 2.45) is 5.73 Å². The van der Waals surface area contributed by atoms with E-state index in [0.717, 1.165) is 0 Å². The Bertz CT molecular complexity index is 460. The lowest BCUT2D eigenvalue weighted by atomic mass is 10.0. The van der Waals surface area contributed by atoms with Gasteiger partial charge in [-0.1, -0.05) is 0 Å². The minimum Gasteiger partial charge on any atom is -0.495 e. The highest BCUT2D eigenvalue weighted by atomic mass is 16.5. The molecule has 0 aromatic heterocycles. The number of amides is 1. The molecule has 2 N–H and O–H groups in total. The maximum absolute atomic E-state index is 11.0. The van der Waals surface area contributed by atoms with Gasteiger partial charge >= 0.3 is 0 Å². The van der Waals surface area contributed by atoms with Gasteiger partial charge in [-0.3, -0.25) is 9.59 Å². The Hall–Kier alpha value is -2.35. The normalized spacial score (nSPS) is 9.07. The monoisotopic (exact) mass is 204 g/mol. The van der Waals surface area contributed by atoms with E-state index in [0.29, 0.717) is 6.29 Å². The molecule has 15 heavy (non-hydrogen) atoms. The molecule has 0 spiro atoms. The first kappa shape index (κ1) is 10.7. The Morgan fingerprint density at radius 3 is 2.67 bits per heavy atom. The van der Waals surface area contributed by atoms with Crippen LogP contribution in [-0.4, -0.2) is 19.3 Å². The minimum absolute atomic E-state index is 0.0265. The van der Waals surface area contributed by atoms with E-state index in [9.17, 15) is 9.59 Å². The molecule has 0 saturated carbocycles. The number of aldehydes is 1. The third-order valence-corrected chi connectivity index (χ3v) is 1.84. The van der Waals surface area contributed by atoms with Crippen molar-refractivity contribution in [2.45, 2.75) is 0 Å². The number of methoxy groups -OCH3 is 1. The van der Waals surface area contributed by atoms with E-state index in [-0.39, 0.29) is 22.4 Å². The average Bonchev–Trinajstić information content (AvgIpc) is 2.26. The van der Waals surface area contributed by atoms with Crippen LogP contribution < -0.4 is 10.5 Å². The molecule has 0 unspecified atom stereocenters. The van der Waals surface area contributed by atoms with Gasteiger partial charge in [-0.05, 0) is 12.1 Å². The van der Waals surface area contributed by atoms with Crippen LogP contribution in [0.25, 0.3) is 0 Å². The zero-order chi connectivity index (χ0) is 11.4. The van der Waals surface area contributed by atoms with Gasteiger partial charge in [0.25, 0.3) is 5.91 Å². The van der Waals surface area contributed by atoms with Gasteiger partial charge in [0.1, 0.15) is 5.75 Å². The molecular weight excluding hydrogens is 196 g/mol. The van der Waals surface area contributed by atoms with Gasteiger partial charge in [-0.25, -0.2) is 0 Å². The minimum atomic E-state index is -0.743. The second kappa shape index (κ2) is 4.24. The van der Waals surface area contributed by atoms with Crippen LogP contribution in [0.15, 0.2) is 12.1 Å². The number of ether oxygens (including phenoxy) is 1. The predicted molar refractivity (Wildman–Crippen MR) is 51.6 cm³/mol. The highest BCUT2D eigenvalue weighted by molar-refractivity contribution is 5.99. The summed E-state index contributed by atoms with van der Waals surface area (Å²) in [4.78, 5) is 21.7. The van der Waals surface area contributed by atoms with Crippen molar-refractivity contribution in [3.05, 3.63) is 28.8 Å². The topological polar surface area (TPSA) is 93.2 Å². The van der Waals surface area contributed by atoms with Gasteiger partial charge < -0.3 is 10.5 Å². The van der Waals surface area contributed by atoms with Gasteiger partial charge in [0, 0.05) is 0 Å². The molecule has 1 rings (SSSR count). The summed E-state index contributed by atoms with van der Waals surface area (Å²) in [5.74, 6) is -0.649. The van der Waals surface area contributed by atoms with E-state index >= 15 is 0 Å². The smallest absolute Gasteiger partial charge is 0.252 e. The van der Waals surface area contributed by atoms with E-state index in [1.807, 2.05) is 6.07 Å². The number of benzene rings is 1. The van der Waals surface area contributed by atoms with Crippen molar-refractivity contribution in [3.63, 3.8) is 0 Å². The number of nitrogens with two attached hydrogens (primary N) is 1. The quantitative estimate of drug-likeness (QED) is 0.724. The molecule has 1 aromatic rings. The Labute approximate surface area is 86.1 Å². The van der Waals surface area contributed by atoms with Crippen molar-refractivity contribution >= 4 is 12.2 Å². The van der Waals surface area contributed by atoms with Crippen LogP contribution in [0.2, 0.25) is 0 Å². The van der Waals surface area contributed by atoms with Crippen LogP contribution in [0.5, 0.6) is 5.75 Å². The fourth-order valence-electron chi connectivity index (χ4n) is 1.21. The number of carbonyl (C=O) groups excluding carboxylic acids is 2. The van der Waals surface area contributed by atoms with Crippen LogP contribution in [-0.2, 0) is 0 Å². The Morgan fingerprint density at radius 2 is 2.27 bits per heavy atom. The highest BCUT2D eigenvalue weighted by Crippen LogP contribution is 2.23. The Morgan fingerprint density at radius 1 is 1.60 bits per heavy atom. The number of hydrogen-bond donors (Lipinski definition) is 1. The summed E-state index contributed by atoms with van der Waals surface area (Å²) in [6, 6.07) is 4.44. The Balaban J connectivity index is 3.54. The highest BCUT2D eigenvalue weighted by Gasteiger charge is 2.15. The summed E-state index contributed by atoms with van der Waals surface area (Å²) in [6.07, 6.45) is 0.506. The summed E-state index contributed by atoms with van der Waals surface area (Å²) in [6.45, 7) is 0. The van der Waals surface area contributed by atoms with Gasteiger partial charge in [-0.15, -0.1) is 0 Å². The molecule has 0 bridgehead atoms. The molecule has 76 valence electrons. The predicted octanol–water partition coefficient (Wildman–Crippen LogP) is 0.478. The van der Waals surface area contributed by atoms with E-state index in [1.165, 1.54) is 19.2 Å². The third kappa shape index (κ3) is 1.94. The van der Waals surface area contributed by atoms with Crippen molar-refractivity contribution < 1.29 is 14.3 Å². The molecule has 0 aliphatic rings. The van der Waals surface area contributed by atoms with Crippen molar-refractivity contribution in [3.8, 4) is 11.8 Å². The third-order valence-electron chi connectivity index (χ3n) is 1.84. The van der Waals surface area contributed by atoms with Gasteiger partial charge in [0.15, 0.2) is 6.29 Å². The zero-order valence-electron chi connectivity index (χ0n) is 7.98. The van der Waals surface area contributed by atoms with Crippen LogP contribution in [0.1, 0.15) is 26.3 Å². The molecule has 0 atom stereocenters. The zero-order valence-corrected chi connectivity index (χ0v) is 7.98. The van der Waals surface area contributed by atoms with Gasteiger partial charge in [0.2, 0.25) is 0 Å². The summed E-state index contributed by atoms with van der Waals surface area (Å²) >= 11 is 0. The fourth-order valence-corrected chi connectivity index (χ4v) is 1.21. The lowest BCUT2D eigenvalue weighted by Gasteiger charge is -2.08. The SMILES string of the molecule is COc1c(C=O)cc(C#N)cc1C(N)=O. The number of carbonyl (C=O) groups is 2. The Kier molecular flexibility index (Phi) is 3.03. The number of nitrogens with zero attached hydrogens (tertiary/aromatic N) is 1. The maximum Gasteiger partial charge on any atom is 0.252 e.